The van der Waals surface area contributed by atoms with Crippen molar-refractivity contribution >= 4 is 17.7 Å². The Bertz CT molecular complexity index is 702. The fourth-order valence-corrected chi connectivity index (χ4v) is 2.57. The minimum absolute atomic E-state index is 0.0777. The molecule has 3 N–H and O–H groups in total. The second-order valence-electron chi connectivity index (χ2n) is 6.24. The van der Waals surface area contributed by atoms with E-state index in [1.54, 1.807) is 0 Å². The second-order valence-corrected chi connectivity index (χ2v) is 6.24. The molecular formula is C15H18N2O5. The fourth-order valence-electron chi connectivity index (χ4n) is 2.57. The van der Waals surface area contributed by atoms with Gasteiger partial charge in [-0.15, -0.1) is 0 Å². The second kappa shape index (κ2) is 5.75. The highest BCUT2D eigenvalue weighted by Crippen LogP contribution is 2.33. The quantitative estimate of drug-likeness (QED) is 0.758. The van der Waals surface area contributed by atoms with Crippen molar-refractivity contribution in [2.24, 2.45) is 5.41 Å². The Kier molecular flexibility index (Phi) is 4.16. The summed E-state index contributed by atoms with van der Waals surface area (Å²) in [5, 5.41) is 10.9. The van der Waals surface area contributed by atoms with Crippen molar-refractivity contribution in [3.63, 3.8) is 0 Å². The van der Waals surface area contributed by atoms with Gasteiger partial charge in [0.15, 0.2) is 5.78 Å². The molecule has 1 aromatic heterocycles. The van der Waals surface area contributed by atoms with Gasteiger partial charge >= 0.3 is 5.97 Å². The predicted molar refractivity (Wildman–Crippen MR) is 78.1 cm³/mol. The summed E-state index contributed by atoms with van der Waals surface area (Å²) in [6, 6.07) is 1.31. The molecule has 0 spiro atoms. The Morgan fingerprint density at radius 3 is 2.64 bits per heavy atom. The van der Waals surface area contributed by atoms with Crippen LogP contribution in [-0.4, -0.2) is 34.3 Å². The van der Waals surface area contributed by atoms with Crippen LogP contribution in [0, 0.1) is 5.41 Å². The van der Waals surface area contributed by atoms with Crippen molar-refractivity contribution in [2.75, 3.05) is 6.54 Å². The molecule has 1 amide bonds. The summed E-state index contributed by atoms with van der Waals surface area (Å²) in [7, 11) is 0. The lowest BCUT2D eigenvalue weighted by Crippen LogP contribution is -2.35. The van der Waals surface area contributed by atoms with Gasteiger partial charge in [-0.25, -0.2) is 0 Å². The van der Waals surface area contributed by atoms with Gasteiger partial charge < -0.3 is 15.4 Å². The van der Waals surface area contributed by atoms with E-state index in [1.807, 2.05) is 13.8 Å². The van der Waals surface area contributed by atoms with Crippen LogP contribution in [0.1, 0.15) is 53.1 Å². The maximum atomic E-state index is 12.2. The number of pyridine rings is 1. The van der Waals surface area contributed by atoms with Crippen LogP contribution in [0.15, 0.2) is 10.9 Å². The Hall–Kier alpha value is -2.44. The maximum absolute atomic E-state index is 12.2. The highest BCUT2D eigenvalue weighted by molar-refractivity contribution is 6.02. The molecule has 7 nitrogen and oxygen atoms in total. The van der Waals surface area contributed by atoms with Crippen LogP contribution in [0.25, 0.3) is 0 Å². The SMILES string of the molecule is CC1(C)CC(=O)c2cc(C(=O)NCCC(=O)O)c(=O)[nH]c2C1. The summed E-state index contributed by atoms with van der Waals surface area (Å²) < 4.78 is 0. The molecule has 0 aromatic carbocycles. The topological polar surface area (TPSA) is 116 Å². The van der Waals surface area contributed by atoms with Crippen LogP contribution in [0.4, 0.5) is 0 Å². The molecule has 0 aliphatic heterocycles. The molecule has 0 fully saturated rings. The van der Waals surface area contributed by atoms with Gasteiger partial charge in [-0.1, -0.05) is 13.8 Å². The number of hydrogen-bond acceptors (Lipinski definition) is 4. The monoisotopic (exact) mass is 306 g/mol. The van der Waals surface area contributed by atoms with Gasteiger partial charge in [-0.3, -0.25) is 19.2 Å². The van der Waals surface area contributed by atoms with Crippen molar-refractivity contribution < 1.29 is 19.5 Å². The smallest absolute Gasteiger partial charge is 0.305 e. The number of carbonyl (C=O) groups excluding carboxylic acids is 2. The lowest BCUT2D eigenvalue weighted by molar-refractivity contribution is -0.136. The van der Waals surface area contributed by atoms with Crippen LogP contribution >= 0.6 is 0 Å². The first kappa shape index (κ1) is 15.9. The summed E-state index contributed by atoms with van der Waals surface area (Å²) in [5.41, 5.74) is -0.0527. The molecule has 7 heteroatoms. The van der Waals surface area contributed by atoms with Crippen LogP contribution in [-0.2, 0) is 11.2 Å². The number of hydrogen-bond donors (Lipinski definition) is 3. The largest absolute Gasteiger partial charge is 0.481 e. The third-order valence-corrected chi connectivity index (χ3v) is 3.59. The number of carbonyl (C=O) groups is 3. The molecule has 1 aliphatic carbocycles. The van der Waals surface area contributed by atoms with E-state index >= 15 is 0 Å². The zero-order valence-electron chi connectivity index (χ0n) is 12.5. The predicted octanol–water partition coefficient (Wildman–Crippen LogP) is 0.734. The van der Waals surface area contributed by atoms with Crippen LogP contribution in [0.3, 0.4) is 0 Å². The number of H-pyrrole nitrogens is 1. The Morgan fingerprint density at radius 1 is 1.32 bits per heavy atom. The van der Waals surface area contributed by atoms with E-state index < -0.39 is 17.4 Å². The molecule has 0 saturated carbocycles. The average Bonchev–Trinajstić information content (AvgIpc) is 2.35. The third-order valence-electron chi connectivity index (χ3n) is 3.59. The molecule has 0 atom stereocenters. The number of aromatic amines is 1. The summed E-state index contributed by atoms with van der Waals surface area (Å²) >= 11 is 0. The molecule has 22 heavy (non-hydrogen) atoms. The van der Waals surface area contributed by atoms with Gasteiger partial charge in [0, 0.05) is 24.2 Å². The summed E-state index contributed by atoms with van der Waals surface area (Å²) in [4.78, 5) is 49.1. The molecule has 118 valence electrons. The van der Waals surface area contributed by atoms with Crippen LogP contribution in [0.2, 0.25) is 0 Å². The molecule has 0 saturated heterocycles. The number of fused-ring (bicyclic) bond motifs is 1. The maximum Gasteiger partial charge on any atom is 0.305 e. The number of carboxylic acids is 1. The van der Waals surface area contributed by atoms with Crippen molar-refractivity contribution in [1.82, 2.24) is 10.3 Å². The third kappa shape index (κ3) is 3.41. The number of Topliss-reactive ketones (excluding diaryl/α,β-unsaturated/α-hetero) is 1. The van der Waals surface area contributed by atoms with E-state index in [4.69, 9.17) is 5.11 Å². The van der Waals surface area contributed by atoms with Gasteiger partial charge in [0.1, 0.15) is 5.56 Å². The normalized spacial score (nSPS) is 16.0. The van der Waals surface area contributed by atoms with Crippen molar-refractivity contribution in [3.8, 4) is 0 Å². The molecule has 0 unspecified atom stereocenters. The zero-order valence-corrected chi connectivity index (χ0v) is 12.5. The first-order valence-corrected chi connectivity index (χ1v) is 6.99. The Morgan fingerprint density at radius 2 is 2.00 bits per heavy atom. The number of rotatable bonds is 4. The number of aliphatic carboxylic acids is 1. The van der Waals surface area contributed by atoms with Gasteiger partial charge in [-0.2, -0.15) is 0 Å². The molecule has 0 radical (unpaired) electrons. The standard InChI is InChI=1S/C15H18N2O5/c1-15(2)6-10-8(11(18)7-15)5-9(14(22)17-10)13(21)16-4-3-12(19)20/h5H,3-4,6-7H2,1-2H3,(H,16,21)(H,17,22)(H,19,20). The highest BCUT2D eigenvalue weighted by Gasteiger charge is 2.32. The minimum atomic E-state index is -1.04. The van der Waals surface area contributed by atoms with Crippen molar-refractivity contribution in [2.45, 2.75) is 33.1 Å². The van der Waals surface area contributed by atoms with E-state index in [2.05, 4.69) is 10.3 Å². The summed E-state index contributed by atoms with van der Waals surface area (Å²) in [5.74, 6) is -1.83. The van der Waals surface area contributed by atoms with E-state index in [0.717, 1.165) is 0 Å². The van der Waals surface area contributed by atoms with Crippen LogP contribution in [0.5, 0.6) is 0 Å². The first-order chi connectivity index (χ1) is 10.2. The molecule has 0 bridgehead atoms. The zero-order chi connectivity index (χ0) is 16.5. The van der Waals surface area contributed by atoms with Gasteiger partial charge in [-0.05, 0) is 17.9 Å². The molecular weight excluding hydrogens is 288 g/mol. The number of nitrogens with one attached hydrogen (secondary N) is 2. The van der Waals surface area contributed by atoms with Gasteiger partial charge in [0.25, 0.3) is 11.5 Å². The summed E-state index contributed by atoms with van der Waals surface area (Å²) in [6.45, 7) is 3.81. The number of aromatic nitrogens is 1. The highest BCUT2D eigenvalue weighted by atomic mass is 16.4. The summed E-state index contributed by atoms with van der Waals surface area (Å²) in [6.07, 6.45) is 0.679. The van der Waals surface area contributed by atoms with Crippen LogP contribution < -0.4 is 10.9 Å². The van der Waals surface area contributed by atoms with Crippen molar-refractivity contribution in [3.05, 3.63) is 33.2 Å². The minimum Gasteiger partial charge on any atom is -0.481 e. The Balaban J connectivity index is 2.27. The Labute approximate surface area is 126 Å². The number of carboxylic acid groups (broad SMARTS) is 1. The first-order valence-electron chi connectivity index (χ1n) is 6.99. The van der Waals surface area contributed by atoms with Gasteiger partial charge in [0.05, 0.1) is 6.42 Å². The molecule has 1 heterocycles. The van der Waals surface area contributed by atoms with E-state index in [1.165, 1.54) is 6.07 Å². The number of ketones is 1. The molecule has 2 rings (SSSR count). The average molecular weight is 306 g/mol. The number of amides is 1. The van der Waals surface area contributed by atoms with Crippen molar-refractivity contribution in [1.29, 1.82) is 0 Å². The molecule has 1 aliphatic rings. The molecule has 1 aromatic rings. The van der Waals surface area contributed by atoms with E-state index in [-0.39, 0.29) is 29.7 Å². The fraction of sp³-hybridized carbons (Fsp3) is 0.467. The van der Waals surface area contributed by atoms with E-state index in [9.17, 15) is 19.2 Å². The van der Waals surface area contributed by atoms with Gasteiger partial charge in [0.2, 0.25) is 0 Å². The van der Waals surface area contributed by atoms with E-state index in [0.29, 0.717) is 24.1 Å². The lowest BCUT2D eigenvalue weighted by Gasteiger charge is -2.29. The lowest BCUT2D eigenvalue weighted by atomic mass is 9.75.